The molecule has 0 amide bonds. The summed E-state index contributed by atoms with van der Waals surface area (Å²) in [4.78, 5) is 0. The van der Waals surface area contributed by atoms with Crippen LogP contribution in [0.4, 0.5) is 0 Å². The largest absolute Gasteiger partial charge is 0.381 e. The highest BCUT2D eigenvalue weighted by atomic mass is 16.5. The maximum absolute atomic E-state index is 5.73. The van der Waals surface area contributed by atoms with Crippen LogP contribution in [-0.2, 0) is 4.74 Å². The Morgan fingerprint density at radius 3 is 2.73 bits per heavy atom. The third kappa shape index (κ3) is 6.16. The molecule has 2 heteroatoms. The van der Waals surface area contributed by atoms with Crippen molar-refractivity contribution in [3.8, 4) is 0 Å². The van der Waals surface area contributed by atoms with Crippen molar-refractivity contribution >= 4 is 0 Å². The molecule has 0 heterocycles. The summed E-state index contributed by atoms with van der Waals surface area (Å²) in [5.74, 6) is 0.865. The summed E-state index contributed by atoms with van der Waals surface area (Å²) < 4.78 is 5.73. The Bertz CT molecular complexity index is 143. The van der Waals surface area contributed by atoms with Crippen LogP contribution in [0.5, 0.6) is 0 Å². The molecule has 1 unspecified atom stereocenters. The maximum Gasteiger partial charge on any atom is 0.0494 e. The first kappa shape index (κ1) is 13.0. The molecule has 1 fully saturated rings. The van der Waals surface area contributed by atoms with Crippen LogP contribution in [0.25, 0.3) is 0 Å². The van der Waals surface area contributed by atoms with Crippen LogP contribution in [0.2, 0.25) is 0 Å². The van der Waals surface area contributed by atoms with Crippen molar-refractivity contribution in [3.63, 3.8) is 0 Å². The van der Waals surface area contributed by atoms with Gasteiger partial charge in [0.1, 0.15) is 0 Å². The molecule has 0 bridgehead atoms. The summed E-state index contributed by atoms with van der Waals surface area (Å²) in [6.07, 6.45) is 7.98. The van der Waals surface area contributed by atoms with Gasteiger partial charge in [-0.3, -0.25) is 0 Å². The number of rotatable bonds is 8. The van der Waals surface area contributed by atoms with Gasteiger partial charge in [0.2, 0.25) is 0 Å². The van der Waals surface area contributed by atoms with Gasteiger partial charge in [-0.1, -0.05) is 19.8 Å². The van der Waals surface area contributed by atoms with E-state index in [1.807, 2.05) is 0 Å². The average Bonchev–Trinajstić information content (AvgIpc) is 2.74. The molecule has 1 saturated carbocycles. The van der Waals surface area contributed by atoms with Gasteiger partial charge in [0, 0.05) is 19.3 Å². The van der Waals surface area contributed by atoms with Crippen LogP contribution in [0.1, 0.15) is 52.4 Å². The highest BCUT2D eigenvalue weighted by Crippen LogP contribution is 2.24. The molecule has 15 heavy (non-hydrogen) atoms. The molecule has 2 nitrogen and oxygen atoms in total. The van der Waals surface area contributed by atoms with Crippen LogP contribution in [-0.4, -0.2) is 25.8 Å². The van der Waals surface area contributed by atoms with Crippen molar-refractivity contribution in [1.29, 1.82) is 0 Å². The van der Waals surface area contributed by atoms with Crippen molar-refractivity contribution in [2.75, 3.05) is 19.8 Å². The standard InChI is InChI=1S/C13H27NO/c1-3-9-14-12(2)8-10-15-11-13-6-4-5-7-13/h12-14H,3-11H2,1-2H3. The van der Waals surface area contributed by atoms with Crippen molar-refractivity contribution in [3.05, 3.63) is 0 Å². The average molecular weight is 213 g/mol. The van der Waals surface area contributed by atoms with Crippen LogP contribution in [0.3, 0.4) is 0 Å². The minimum Gasteiger partial charge on any atom is -0.381 e. The fourth-order valence-corrected chi connectivity index (χ4v) is 2.18. The van der Waals surface area contributed by atoms with E-state index in [1.165, 1.54) is 32.1 Å². The first-order valence-electron chi connectivity index (χ1n) is 6.64. The molecule has 1 N–H and O–H groups in total. The predicted octanol–water partition coefficient (Wildman–Crippen LogP) is 2.97. The molecule has 0 radical (unpaired) electrons. The van der Waals surface area contributed by atoms with Gasteiger partial charge in [-0.2, -0.15) is 0 Å². The maximum atomic E-state index is 5.73. The van der Waals surface area contributed by atoms with Crippen molar-refractivity contribution < 1.29 is 4.74 Å². The fraction of sp³-hybridized carbons (Fsp3) is 1.00. The molecule has 1 aliphatic carbocycles. The summed E-state index contributed by atoms with van der Waals surface area (Å²) >= 11 is 0. The normalized spacial score (nSPS) is 19.6. The Kier molecular flexibility index (Phi) is 7.03. The number of hydrogen-bond acceptors (Lipinski definition) is 2. The highest BCUT2D eigenvalue weighted by Gasteiger charge is 2.14. The molecule has 0 saturated heterocycles. The molecule has 0 aromatic carbocycles. The van der Waals surface area contributed by atoms with E-state index in [0.717, 1.165) is 32.1 Å². The number of nitrogens with one attached hydrogen (secondary N) is 1. The van der Waals surface area contributed by atoms with Crippen molar-refractivity contribution in [1.82, 2.24) is 5.32 Å². The van der Waals surface area contributed by atoms with E-state index in [2.05, 4.69) is 19.2 Å². The molecule has 1 rings (SSSR count). The highest BCUT2D eigenvalue weighted by molar-refractivity contribution is 4.66. The summed E-state index contributed by atoms with van der Waals surface area (Å²) in [5, 5.41) is 3.48. The number of hydrogen-bond donors (Lipinski definition) is 1. The van der Waals surface area contributed by atoms with E-state index < -0.39 is 0 Å². The van der Waals surface area contributed by atoms with Gasteiger partial charge in [-0.25, -0.2) is 0 Å². The van der Waals surface area contributed by atoms with Gasteiger partial charge in [0.25, 0.3) is 0 Å². The van der Waals surface area contributed by atoms with E-state index in [0.29, 0.717) is 6.04 Å². The first-order chi connectivity index (χ1) is 7.33. The lowest BCUT2D eigenvalue weighted by Crippen LogP contribution is -2.28. The van der Waals surface area contributed by atoms with E-state index >= 15 is 0 Å². The van der Waals surface area contributed by atoms with Crippen LogP contribution >= 0.6 is 0 Å². The molecular formula is C13H27NO. The number of ether oxygens (including phenoxy) is 1. The summed E-state index contributed by atoms with van der Waals surface area (Å²) in [5.41, 5.74) is 0. The van der Waals surface area contributed by atoms with Crippen molar-refractivity contribution in [2.24, 2.45) is 5.92 Å². The van der Waals surface area contributed by atoms with E-state index in [1.54, 1.807) is 0 Å². The Balaban J connectivity index is 1.87. The molecule has 0 aromatic heterocycles. The topological polar surface area (TPSA) is 21.3 Å². The fourth-order valence-electron chi connectivity index (χ4n) is 2.18. The van der Waals surface area contributed by atoms with E-state index in [9.17, 15) is 0 Å². The van der Waals surface area contributed by atoms with Crippen LogP contribution < -0.4 is 5.32 Å². The summed E-state index contributed by atoms with van der Waals surface area (Å²) in [6.45, 7) is 7.50. The third-order valence-corrected chi connectivity index (χ3v) is 3.27. The van der Waals surface area contributed by atoms with E-state index in [-0.39, 0.29) is 0 Å². The van der Waals surface area contributed by atoms with Gasteiger partial charge in [-0.05, 0) is 45.1 Å². The molecule has 1 aliphatic rings. The Morgan fingerprint density at radius 2 is 2.07 bits per heavy atom. The molecule has 90 valence electrons. The molecule has 0 aliphatic heterocycles. The smallest absolute Gasteiger partial charge is 0.0494 e. The lowest BCUT2D eigenvalue weighted by atomic mass is 10.1. The first-order valence-corrected chi connectivity index (χ1v) is 6.64. The Morgan fingerprint density at radius 1 is 1.33 bits per heavy atom. The van der Waals surface area contributed by atoms with Gasteiger partial charge >= 0.3 is 0 Å². The Hall–Kier alpha value is -0.0800. The molecular weight excluding hydrogens is 186 g/mol. The molecule has 0 spiro atoms. The van der Waals surface area contributed by atoms with Gasteiger partial charge < -0.3 is 10.1 Å². The minimum atomic E-state index is 0.605. The summed E-state index contributed by atoms with van der Waals surface area (Å²) in [7, 11) is 0. The minimum absolute atomic E-state index is 0.605. The van der Waals surface area contributed by atoms with Gasteiger partial charge in [0.05, 0.1) is 0 Å². The monoisotopic (exact) mass is 213 g/mol. The molecule has 0 aromatic rings. The molecule has 1 atom stereocenters. The zero-order valence-electron chi connectivity index (χ0n) is 10.4. The second-order valence-corrected chi connectivity index (χ2v) is 4.87. The zero-order valence-corrected chi connectivity index (χ0v) is 10.4. The van der Waals surface area contributed by atoms with Crippen LogP contribution in [0.15, 0.2) is 0 Å². The van der Waals surface area contributed by atoms with Gasteiger partial charge in [-0.15, -0.1) is 0 Å². The predicted molar refractivity (Wildman–Crippen MR) is 65.1 cm³/mol. The summed E-state index contributed by atoms with van der Waals surface area (Å²) in [6, 6.07) is 0.605. The lowest BCUT2D eigenvalue weighted by Gasteiger charge is -2.14. The third-order valence-electron chi connectivity index (χ3n) is 3.27. The van der Waals surface area contributed by atoms with E-state index in [4.69, 9.17) is 4.74 Å². The second-order valence-electron chi connectivity index (χ2n) is 4.87. The van der Waals surface area contributed by atoms with Crippen molar-refractivity contribution in [2.45, 2.75) is 58.4 Å². The zero-order chi connectivity index (χ0) is 10.9. The van der Waals surface area contributed by atoms with Crippen LogP contribution in [0, 0.1) is 5.92 Å². The quantitative estimate of drug-likeness (QED) is 0.626. The lowest BCUT2D eigenvalue weighted by molar-refractivity contribution is 0.0945. The Labute approximate surface area is 94.8 Å². The second kappa shape index (κ2) is 8.12. The van der Waals surface area contributed by atoms with Gasteiger partial charge in [0.15, 0.2) is 0 Å². The SMILES string of the molecule is CCCNC(C)CCOCC1CCCC1.